The number of benzene rings is 2. The van der Waals surface area contributed by atoms with E-state index in [2.05, 4.69) is 82.7 Å². The van der Waals surface area contributed by atoms with E-state index in [9.17, 15) is 0 Å². The zero-order valence-electron chi connectivity index (χ0n) is 15.6. The van der Waals surface area contributed by atoms with Crippen molar-refractivity contribution >= 4 is 0 Å². The zero-order valence-corrected chi connectivity index (χ0v) is 15.6. The van der Waals surface area contributed by atoms with Crippen molar-refractivity contribution in [2.75, 3.05) is 13.1 Å². The van der Waals surface area contributed by atoms with Gasteiger partial charge in [-0.25, -0.2) is 0 Å². The van der Waals surface area contributed by atoms with Gasteiger partial charge in [0.05, 0.1) is 11.8 Å². The number of aromatic nitrogens is 1. The third-order valence-corrected chi connectivity index (χ3v) is 5.18. The molecule has 27 heavy (non-hydrogen) atoms. The summed E-state index contributed by atoms with van der Waals surface area (Å²) >= 11 is 0. The molecular weight excluding hydrogens is 332 g/mol. The van der Waals surface area contributed by atoms with Gasteiger partial charge in [-0.05, 0) is 36.1 Å². The molecule has 3 nitrogen and oxygen atoms in total. The van der Waals surface area contributed by atoms with Crippen molar-refractivity contribution in [2.45, 2.75) is 31.6 Å². The van der Waals surface area contributed by atoms with Gasteiger partial charge in [0.1, 0.15) is 6.10 Å². The Morgan fingerprint density at radius 3 is 1.96 bits per heavy atom. The van der Waals surface area contributed by atoms with Crippen molar-refractivity contribution in [1.82, 2.24) is 9.88 Å². The number of rotatable bonds is 6. The van der Waals surface area contributed by atoms with Gasteiger partial charge in [-0.2, -0.15) is 0 Å². The average molecular weight is 358 g/mol. The molecule has 0 aliphatic carbocycles. The average Bonchev–Trinajstić information content (AvgIpc) is 2.75. The van der Waals surface area contributed by atoms with Crippen molar-refractivity contribution in [3.8, 4) is 0 Å². The lowest BCUT2D eigenvalue weighted by molar-refractivity contribution is -0.0283. The molecule has 138 valence electrons. The summed E-state index contributed by atoms with van der Waals surface area (Å²) in [4.78, 5) is 6.92. The van der Waals surface area contributed by atoms with Crippen LogP contribution in [0.25, 0.3) is 0 Å². The molecule has 0 bridgehead atoms. The number of ether oxygens (including phenoxy) is 1. The zero-order chi connectivity index (χ0) is 18.3. The SMILES string of the molecule is c1ccc(C(OC2CCN(Cc3ccccn3)CC2)c2ccccc2)cc1. The minimum absolute atomic E-state index is 0.000241. The first kappa shape index (κ1) is 17.9. The molecule has 3 aromatic rings. The Morgan fingerprint density at radius 1 is 0.815 bits per heavy atom. The van der Waals surface area contributed by atoms with Gasteiger partial charge in [-0.1, -0.05) is 66.7 Å². The van der Waals surface area contributed by atoms with Gasteiger partial charge in [0.2, 0.25) is 0 Å². The van der Waals surface area contributed by atoms with E-state index in [-0.39, 0.29) is 12.2 Å². The van der Waals surface area contributed by atoms with Crippen LogP contribution in [0.4, 0.5) is 0 Å². The molecular formula is C24H26N2O. The third-order valence-electron chi connectivity index (χ3n) is 5.18. The maximum absolute atomic E-state index is 6.62. The number of likely N-dealkylation sites (tertiary alicyclic amines) is 1. The van der Waals surface area contributed by atoms with Crippen molar-refractivity contribution in [3.05, 3.63) is 102 Å². The third kappa shape index (κ3) is 4.82. The van der Waals surface area contributed by atoms with Crippen LogP contribution in [0.5, 0.6) is 0 Å². The highest BCUT2D eigenvalue weighted by Gasteiger charge is 2.24. The largest absolute Gasteiger partial charge is 0.365 e. The molecule has 1 aliphatic heterocycles. The molecule has 1 saturated heterocycles. The topological polar surface area (TPSA) is 25.4 Å². The first-order valence-electron chi connectivity index (χ1n) is 9.76. The molecule has 0 amide bonds. The van der Waals surface area contributed by atoms with Crippen LogP contribution >= 0.6 is 0 Å². The fourth-order valence-corrected chi connectivity index (χ4v) is 3.72. The van der Waals surface area contributed by atoms with Crippen LogP contribution in [0, 0.1) is 0 Å². The molecule has 3 heteroatoms. The van der Waals surface area contributed by atoms with E-state index in [0.29, 0.717) is 0 Å². The molecule has 0 N–H and O–H groups in total. The van der Waals surface area contributed by atoms with E-state index in [0.717, 1.165) is 38.2 Å². The second-order valence-electron chi connectivity index (χ2n) is 7.13. The number of piperidine rings is 1. The van der Waals surface area contributed by atoms with Gasteiger partial charge in [0, 0.05) is 25.8 Å². The van der Waals surface area contributed by atoms with Crippen LogP contribution in [-0.2, 0) is 11.3 Å². The highest BCUT2D eigenvalue weighted by Crippen LogP contribution is 2.30. The Labute approximate surface area is 161 Å². The Hall–Kier alpha value is -2.49. The molecule has 0 radical (unpaired) electrons. The Morgan fingerprint density at radius 2 is 1.41 bits per heavy atom. The van der Waals surface area contributed by atoms with E-state index < -0.39 is 0 Å². The summed E-state index contributed by atoms with van der Waals surface area (Å²) in [6, 6.07) is 27.2. The van der Waals surface area contributed by atoms with Crippen molar-refractivity contribution < 1.29 is 4.74 Å². The summed E-state index contributed by atoms with van der Waals surface area (Å²) in [7, 11) is 0. The lowest BCUT2D eigenvalue weighted by Gasteiger charge is -2.34. The fraction of sp³-hybridized carbons (Fsp3) is 0.292. The molecule has 1 aromatic heterocycles. The van der Waals surface area contributed by atoms with Crippen molar-refractivity contribution in [3.63, 3.8) is 0 Å². The second-order valence-corrected chi connectivity index (χ2v) is 7.13. The molecule has 4 rings (SSSR count). The van der Waals surface area contributed by atoms with Crippen molar-refractivity contribution in [1.29, 1.82) is 0 Å². The van der Waals surface area contributed by atoms with Gasteiger partial charge < -0.3 is 4.74 Å². The van der Waals surface area contributed by atoms with Gasteiger partial charge in [0.15, 0.2) is 0 Å². The lowest BCUT2D eigenvalue weighted by atomic mass is 10.00. The van der Waals surface area contributed by atoms with Crippen LogP contribution < -0.4 is 0 Å². The molecule has 0 spiro atoms. The van der Waals surface area contributed by atoms with E-state index in [4.69, 9.17) is 4.74 Å². The molecule has 0 saturated carbocycles. The summed E-state index contributed by atoms with van der Waals surface area (Å²) < 4.78 is 6.62. The predicted octanol–water partition coefficient (Wildman–Crippen LogP) is 4.85. The van der Waals surface area contributed by atoms with Crippen LogP contribution in [0.15, 0.2) is 85.1 Å². The standard InChI is InChI=1S/C24H26N2O/c1-3-9-20(10-4-1)24(21-11-5-2-6-12-21)27-23-14-17-26(18-15-23)19-22-13-7-8-16-25-22/h1-13,16,23-24H,14-15,17-19H2. The Balaban J connectivity index is 1.40. The van der Waals surface area contributed by atoms with Gasteiger partial charge in [-0.15, -0.1) is 0 Å². The highest BCUT2D eigenvalue weighted by atomic mass is 16.5. The highest BCUT2D eigenvalue weighted by molar-refractivity contribution is 5.30. The van der Waals surface area contributed by atoms with E-state index in [1.165, 1.54) is 11.1 Å². The number of hydrogen-bond acceptors (Lipinski definition) is 3. The summed E-state index contributed by atoms with van der Waals surface area (Å²) in [6.07, 6.45) is 4.27. The van der Waals surface area contributed by atoms with Crippen LogP contribution in [-0.4, -0.2) is 29.1 Å². The van der Waals surface area contributed by atoms with Gasteiger partial charge in [0.25, 0.3) is 0 Å². The maximum atomic E-state index is 6.62. The number of nitrogens with zero attached hydrogens (tertiary/aromatic N) is 2. The molecule has 2 heterocycles. The summed E-state index contributed by atoms with van der Waals surface area (Å²) in [5.74, 6) is 0. The summed E-state index contributed by atoms with van der Waals surface area (Å²) in [6.45, 7) is 3.03. The molecule has 1 fully saturated rings. The van der Waals surface area contributed by atoms with Crippen molar-refractivity contribution in [2.24, 2.45) is 0 Å². The normalized spacial score (nSPS) is 15.9. The lowest BCUT2D eigenvalue weighted by Crippen LogP contribution is -2.37. The van der Waals surface area contributed by atoms with E-state index in [1.54, 1.807) is 0 Å². The smallest absolute Gasteiger partial charge is 0.108 e. The predicted molar refractivity (Wildman–Crippen MR) is 108 cm³/mol. The van der Waals surface area contributed by atoms with Crippen LogP contribution in [0.2, 0.25) is 0 Å². The first-order chi connectivity index (χ1) is 13.4. The van der Waals surface area contributed by atoms with Crippen LogP contribution in [0.3, 0.4) is 0 Å². The molecule has 1 aliphatic rings. The number of hydrogen-bond donors (Lipinski definition) is 0. The van der Waals surface area contributed by atoms with Gasteiger partial charge in [-0.3, -0.25) is 9.88 Å². The van der Waals surface area contributed by atoms with E-state index >= 15 is 0 Å². The maximum Gasteiger partial charge on any atom is 0.108 e. The second kappa shape index (κ2) is 8.94. The first-order valence-corrected chi connectivity index (χ1v) is 9.76. The Bertz CT molecular complexity index is 760. The van der Waals surface area contributed by atoms with E-state index in [1.807, 2.05) is 12.3 Å². The minimum Gasteiger partial charge on any atom is -0.365 e. The molecule has 0 unspecified atom stereocenters. The quantitative estimate of drug-likeness (QED) is 0.630. The Kier molecular flexibility index (Phi) is 5.92. The molecule has 2 aromatic carbocycles. The van der Waals surface area contributed by atoms with Gasteiger partial charge >= 0.3 is 0 Å². The summed E-state index contributed by atoms with van der Waals surface area (Å²) in [5, 5.41) is 0. The minimum atomic E-state index is -0.000241. The molecule has 0 atom stereocenters. The fourth-order valence-electron chi connectivity index (χ4n) is 3.72. The summed E-state index contributed by atoms with van der Waals surface area (Å²) in [5.41, 5.74) is 3.59. The number of pyridine rings is 1. The van der Waals surface area contributed by atoms with Crippen LogP contribution in [0.1, 0.15) is 35.8 Å². The monoisotopic (exact) mass is 358 g/mol.